The van der Waals surface area contributed by atoms with Crippen molar-refractivity contribution in [1.29, 1.82) is 0 Å². The summed E-state index contributed by atoms with van der Waals surface area (Å²) < 4.78 is 0. The first-order valence-corrected chi connectivity index (χ1v) is 4.18. The molecule has 1 rings (SSSR count). The quantitative estimate of drug-likeness (QED) is 0.665. The summed E-state index contributed by atoms with van der Waals surface area (Å²) in [6, 6.07) is 3.94. The van der Waals surface area contributed by atoms with Gasteiger partial charge in [-0.25, -0.2) is 0 Å². The van der Waals surface area contributed by atoms with Crippen molar-refractivity contribution in [3.63, 3.8) is 0 Å². The Morgan fingerprint density at radius 2 is 2.10 bits per heavy atom. The van der Waals surface area contributed by atoms with E-state index in [4.69, 9.17) is 0 Å². The average Bonchev–Trinajstić information content (AvgIpc) is 2.03. The van der Waals surface area contributed by atoms with Gasteiger partial charge in [-0.3, -0.25) is 4.98 Å². The van der Waals surface area contributed by atoms with E-state index in [9.17, 15) is 0 Å². The van der Waals surface area contributed by atoms with E-state index < -0.39 is 0 Å². The molecule has 0 aromatic carbocycles. The van der Waals surface area contributed by atoms with Crippen molar-refractivity contribution in [3.8, 4) is 0 Å². The Morgan fingerprint density at radius 3 is 2.70 bits per heavy atom. The van der Waals surface area contributed by atoms with Gasteiger partial charge >= 0.3 is 0 Å². The highest BCUT2D eigenvalue weighted by Crippen LogP contribution is 1.99. The summed E-state index contributed by atoms with van der Waals surface area (Å²) in [7, 11) is 0. The summed E-state index contributed by atoms with van der Waals surface area (Å²) in [5.41, 5.74) is 1.19. The first-order valence-electron chi connectivity index (χ1n) is 3.06. The van der Waals surface area contributed by atoms with Crippen LogP contribution in [-0.4, -0.2) is 10.3 Å². The summed E-state index contributed by atoms with van der Waals surface area (Å²) in [4.78, 5) is 3.91. The Labute approximate surface area is 68.9 Å². The largest absolute Gasteiger partial charge is 0.265 e. The molecule has 0 radical (unpaired) electrons. The van der Waals surface area contributed by atoms with E-state index in [-0.39, 0.29) is 0 Å². The fourth-order valence-corrected chi connectivity index (χ4v) is 0.842. The second-order valence-electron chi connectivity index (χ2n) is 1.84. The van der Waals surface area contributed by atoms with Gasteiger partial charge in [0.2, 0.25) is 0 Å². The number of rotatable bonds is 2. The average molecular weight is 198 g/mol. The van der Waals surface area contributed by atoms with E-state index in [0.717, 1.165) is 5.33 Å². The third-order valence-corrected chi connectivity index (χ3v) is 1.48. The fourth-order valence-electron chi connectivity index (χ4n) is 0.655. The summed E-state index contributed by atoms with van der Waals surface area (Å²) in [6.07, 6.45) is 7.67. The highest BCUT2D eigenvalue weighted by atomic mass is 79.9. The van der Waals surface area contributed by atoms with E-state index in [2.05, 4.69) is 33.1 Å². The van der Waals surface area contributed by atoms with Crippen molar-refractivity contribution in [2.75, 3.05) is 5.33 Å². The summed E-state index contributed by atoms with van der Waals surface area (Å²) in [5.74, 6) is 0. The second-order valence-corrected chi connectivity index (χ2v) is 2.48. The minimum absolute atomic E-state index is 0.898. The monoisotopic (exact) mass is 197 g/mol. The zero-order chi connectivity index (χ0) is 7.23. The van der Waals surface area contributed by atoms with Crippen LogP contribution in [0.1, 0.15) is 5.56 Å². The first-order chi connectivity index (χ1) is 4.93. The zero-order valence-electron chi connectivity index (χ0n) is 5.50. The number of hydrogen-bond donors (Lipinski definition) is 0. The topological polar surface area (TPSA) is 12.9 Å². The van der Waals surface area contributed by atoms with Gasteiger partial charge in [0, 0.05) is 17.7 Å². The lowest BCUT2D eigenvalue weighted by atomic mass is 10.2. The predicted molar refractivity (Wildman–Crippen MR) is 47.1 cm³/mol. The highest BCUT2D eigenvalue weighted by Gasteiger charge is 1.80. The number of nitrogens with zero attached hydrogens (tertiary/aromatic N) is 1. The first kappa shape index (κ1) is 7.48. The Kier molecular flexibility index (Phi) is 3.16. The fraction of sp³-hybridized carbons (Fsp3) is 0.125. The van der Waals surface area contributed by atoms with Crippen molar-refractivity contribution in [3.05, 3.63) is 36.2 Å². The molecule has 0 fully saturated rings. The van der Waals surface area contributed by atoms with E-state index in [0.29, 0.717) is 0 Å². The van der Waals surface area contributed by atoms with Crippen LogP contribution in [0.15, 0.2) is 30.6 Å². The Hall–Kier alpha value is -0.630. The van der Waals surface area contributed by atoms with Gasteiger partial charge in [-0.05, 0) is 17.7 Å². The Morgan fingerprint density at radius 1 is 1.40 bits per heavy atom. The second kappa shape index (κ2) is 4.23. The third-order valence-electron chi connectivity index (χ3n) is 1.11. The Balaban J connectivity index is 2.67. The van der Waals surface area contributed by atoms with Crippen molar-refractivity contribution >= 4 is 22.0 Å². The molecule has 1 heterocycles. The van der Waals surface area contributed by atoms with Crippen molar-refractivity contribution < 1.29 is 0 Å². The molecular weight excluding hydrogens is 190 g/mol. The third kappa shape index (κ3) is 2.31. The van der Waals surface area contributed by atoms with Crippen LogP contribution in [0, 0.1) is 0 Å². The van der Waals surface area contributed by atoms with Gasteiger partial charge in [0.15, 0.2) is 0 Å². The molecule has 0 aliphatic heterocycles. The number of halogens is 1. The van der Waals surface area contributed by atoms with Crippen LogP contribution in [0.4, 0.5) is 0 Å². The zero-order valence-corrected chi connectivity index (χ0v) is 7.08. The summed E-state index contributed by atoms with van der Waals surface area (Å²) in [5, 5.41) is 0.898. The molecule has 0 amide bonds. The molecule has 0 bridgehead atoms. The van der Waals surface area contributed by atoms with Gasteiger partial charge in [0.1, 0.15) is 0 Å². The predicted octanol–water partition coefficient (Wildman–Crippen LogP) is 2.49. The summed E-state index contributed by atoms with van der Waals surface area (Å²) >= 11 is 3.30. The lowest BCUT2D eigenvalue weighted by Crippen LogP contribution is -1.71. The van der Waals surface area contributed by atoms with Crippen LogP contribution in [0.2, 0.25) is 0 Å². The number of aromatic nitrogens is 1. The molecule has 0 aliphatic rings. The molecular formula is C8H8BrN. The van der Waals surface area contributed by atoms with Crippen LogP contribution in [0.5, 0.6) is 0 Å². The normalized spacial score (nSPS) is 10.5. The van der Waals surface area contributed by atoms with Gasteiger partial charge in [-0.15, -0.1) is 0 Å². The van der Waals surface area contributed by atoms with Gasteiger partial charge in [0.25, 0.3) is 0 Å². The van der Waals surface area contributed by atoms with E-state index in [1.165, 1.54) is 5.56 Å². The van der Waals surface area contributed by atoms with Crippen LogP contribution >= 0.6 is 15.9 Å². The Bertz CT molecular complexity index is 206. The minimum Gasteiger partial charge on any atom is -0.265 e. The van der Waals surface area contributed by atoms with Crippen molar-refractivity contribution in [2.45, 2.75) is 0 Å². The van der Waals surface area contributed by atoms with Crippen LogP contribution in [0.25, 0.3) is 6.08 Å². The molecule has 10 heavy (non-hydrogen) atoms. The van der Waals surface area contributed by atoms with Gasteiger partial charge < -0.3 is 0 Å². The minimum atomic E-state index is 0.898. The SMILES string of the molecule is BrCC=Cc1ccncc1. The molecule has 1 aromatic heterocycles. The molecule has 1 nitrogen and oxygen atoms in total. The maximum Gasteiger partial charge on any atom is 0.0273 e. The lowest BCUT2D eigenvalue weighted by Gasteiger charge is -1.87. The highest BCUT2D eigenvalue weighted by molar-refractivity contribution is 9.09. The van der Waals surface area contributed by atoms with Gasteiger partial charge in [0.05, 0.1) is 0 Å². The number of hydrogen-bond acceptors (Lipinski definition) is 1. The van der Waals surface area contributed by atoms with Gasteiger partial charge in [-0.2, -0.15) is 0 Å². The maximum absolute atomic E-state index is 3.91. The molecule has 0 spiro atoms. The number of alkyl halides is 1. The van der Waals surface area contributed by atoms with Gasteiger partial charge in [-0.1, -0.05) is 28.1 Å². The molecule has 0 N–H and O–H groups in total. The van der Waals surface area contributed by atoms with E-state index >= 15 is 0 Å². The maximum atomic E-state index is 3.91. The number of pyridine rings is 1. The standard InChI is InChI=1S/C8H8BrN/c9-5-1-2-8-3-6-10-7-4-8/h1-4,6-7H,5H2. The van der Waals surface area contributed by atoms with E-state index in [1.807, 2.05) is 12.1 Å². The molecule has 0 atom stereocenters. The molecule has 0 saturated carbocycles. The van der Waals surface area contributed by atoms with Crippen LogP contribution in [-0.2, 0) is 0 Å². The molecule has 1 aromatic rings. The molecule has 0 aliphatic carbocycles. The van der Waals surface area contributed by atoms with Crippen molar-refractivity contribution in [1.82, 2.24) is 4.98 Å². The molecule has 0 saturated heterocycles. The summed E-state index contributed by atoms with van der Waals surface area (Å²) in [6.45, 7) is 0. The smallest absolute Gasteiger partial charge is 0.0273 e. The number of allylic oxidation sites excluding steroid dienone is 1. The molecule has 2 heteroatoms. The van der Waals surface area contributed by atoms with Crippen molar-refractivity contribution in [2.24, 2.45) is 0 Å². The van der Waals surface area contributed by atoms with E-state index in [1.54, 1.807) is 12.4 Å². The molecule has 0 unspecified atom stereocenters. The van der Waals surface area contributed by atoms with Crippen LogP contribution in [0.3, 0.4) is 0 Å². The molecule has 52 valence electrons. The van der Waals surface area contributed by atoms with Crippen LogP contribution < -0.4 is 0 Å². The lowest BCUT2D eigenvalue weighted by molar-refractivity contribution is 1.32.